The first kappa shape index (κ1) is 21.7. The largest absolute Gasteiger partial charge is 0.488 e. The minimum Gasteiger partial charge on any atom is -0.488 e. The maximum atomic E-state index is 6.51. The summed E-state index contributed by atoms with van der Waals surface area (Å²) in [5.74, 6) is 1.80. The number of hydrogen-bond donors (Lipinski definition) is 1. The summed E-state index contributed by atoms with van der Waals surface area (Å²) in [5.41, 5.74) is 3.45. The SMILES string of the molecule is c1cnc2c(OC3CCC(Nc4ncc(-c5nnco5)cn4)CC3)cc(N3CCOCC3)cc2n1. The van der Waals surface area contributed by atoms with Crippen LogP contribution in [0.25, 0.3) is 22.5 Å². The molecule has 2 fully saturated rings. The van der Waals surface area contributed by atoms with Gasteiger partial charge >= 0.3 is 0 Å². The van der Waals surface area contributed by atoms with E-state index < -0.39 is 0 Å². The molecule has 3 aromatic heterocycles. The van der Waals surface area contributed by atoms with Crippen LogP contribution < -0.4 is 15.0 Å². The van der Waals surface area contributed by atoms with Gasteiger partial charge in [-0.05, 0) is 31.7 Å². The van der Waals surface area contributed by atoms with E-state index in [4.69, 9.17) is 13.9 Å². The first-order valence-electron chi connectivity index (χ1n) is 11.9. The molecule has 0 atom stereocenters. The molecule has 4 aromatic rings. The van der Waals surface area contributed by atoms with Crippen LogP contribution in [0.2, 0.25) is 0 Å². The number of rotatable bonds is 6. The summed E-state index contributed by atoms with van der Waals surface area (Å²) in [6, 6.07) is 4.48. The van der Waals surface area contributed by atoms with Gasteiger partial charge in [0.15, 0.2) is 0 Å². The lowest BCUT2D eigenvalue weighted by Gasteiger charge is -2.31. The molecule has 2 aliphatic rings. The van der Waals surface area contributed by atoms with Gasteiger partial charge in [0, 0.05) is 55.7 Å². The summed E-state index contributed by atoms with van der Waals surface area (Å²) in [5, 5.41) is 11.0. The van der Waals surface area contributed by atoms with Gasteiger partial charge in [0.2, 0.25) is 12.3 Å². The van der Waals surface area contributed by atoms with Crippen molar-refractivity contribution < 1.29 is 13.9 Å². The van der Waals surface area contributed by atoms with E-state index in [2.05, 4.69) is 52.5 Å². The molecule has 11 heteroatoms. The Morgan fingerprint density at radius 3 is 2.51 bits per heavy atom. The average molecular weight is 475 g/mol. The molecule has 1 saturated heterocycles. The Morgan fingerprint density at radius 1 is 0.943 bits per heavy atom. The summed E-state index contributed by atoms with van der Waals surface area (Å²) in [6.45, 7) is 3.18. The molecule has 4 heterocycles. The smallest absolute Gasteiger partial charge is 0.250 e. The quantitative estimate of drug-likeness (QED) is 0.443. The van der Waals surface area contributed by atoms with Gasteiger partial charge in [-0.3, -0.25) is 4.98 Å². The van der Waals surface area contributed by atoms with Crippen molar-refractivity contribution in [2.24, 2.45) is 0 Å². The lowest BCUT2D eigenvalue weighted by Crippen LogP contribution is -2.36. The fraction of sp³-hybridized carbons (Fsp3) is 0.417. The van der Waals surface area contributed by atoms with Crippen molar-refractivity contribution in [3.05, 3.63) is 43.3 Å². The van der Waals surface area contributed by atoms with E-state index in [-0.39, 0.29) is 6.10 Å². The Hall–Kier alpha value is -3.86. The van der Waals surface area contributed by atoms with Crippen LogP contribution in [0.3, 0.4) is 0 Å². The summed E-state index contributed by atoms with van der Waals surface area (Å²) in [6.07, 6.45) is 12.0. The molecular weight excluding hydrogens is 448 g/mol. The Kier molecular flexibility index (Phi) is 6.06. The van der Waals surface area contributed by atoms with E-state index in [1.54, 1.807) is 24.8 Å². The van der Waals surface area contributed by atoms with Crippen LogP contribution in [0.1, 0.15) is 25.7 Å². The lowest BCUT2D eigenvalue weighted by molar-refractivity contribution is 0.122. The number of hydrogen-bond acceptors (Lipinski definition) is 11. The standard InChI is InChI=1S/C24H26N8O3/c1-3-19(4-2-17(1)30-24-27-13-16(14-28-24)23-31-29-15-34-23)35-21-12-18(32-7-9-33-10-8-32)11-20-22(21)26-6-5-25-20/h5-6,11-15,17,19H,1-4,7-10H2,(H,27,28,30). The van der Waals surface area contributed by atoms with Crippen molar-refractivity contribution in [1.82, 2.24) is 30.1 Å². The second kappa shape index (κ2) is 9.79. The topological polar surface area (TPSA) is 124 Å². The predicted molar refractivity (Wildman–Crippen MR) is 128 cm³/mol. The molecule has 1 aromatic carbocycles. The second-order valence-electron chi connectivity index (χ2n) is 8.74. The second-order valence-corrected chi connectivity index (χ2v) is 8.74. The van der Waals surface area contributed by atoms with E-state index >= 15 is 0 Å². The zero-order valence-corrected chi connectivity index (χ0v) is 19.2. The number of ether oxygens (including phenoxy) is 2. The molecule has 6 rings (SSSR count). The summed E-state index contributed by atoms with van der Waals surface area (Å²) >= 11 is 0. The van der Waals surface area contributed by atoms with E-state index in [9.17, 15) is 0 Å². The van der Waals surface area contributed by atoms with Gasteiger partial charge in [0.1, 0.15) is 11.3 Å². The first-order valence-corrected chi connectivity index (χ1v) is 11.9. The van der Waals surface area contributed by atoms with Crippen molar-refractivity contribution in [3.8, 4) is 17.2 Å². The predicted octanol–water partition coefficient (Wildman–Crippen LogP) is 3.11. The van der Waals surface area contributed by atoms with Crippen molar-refractivity contribution in [1.29, 1.82) is 0 Å². The number of morpholine rings is 1. The molecule has 1 saturated carbocycles. The fourth-order valence-corrected chi connectivity index (χ4v) is 4.62. The van der Waals surface area contributed by atoms with Crippen LogP contribution in [0, 0.1) is 0 Å². The zero-order chi connectivity index (χ0) is 23.5. The van der Waals surface area contributed by atoms with E-state index in [1.807, 2.05) is 0 Å². The number of fused-ring (bicyclic) bond motifs is 1. The third kappa shape index (κ3) is 4.85. The van der Waals surface area contributed by atoms with E-state index in [0.717, 1.165) is 74.5 Å². The van der Waals surface area contributed by atoms with Gasteiger partial charge in [-0.1, -0.05) is 0 Å². The van der Waals surface area contributed by atoms with Crippen LogP contribution in [0.15, 0.2) is 47.7 Å². The molecule has 0 bridgehead atoms. The molecule has 0 radical (unpaired) electrons. The summed E-state index contributed by atoms with van der Waals surface area (Å²) in [4.78, 5) is 20.2. The summed E-state index contributed by atoms with van der Waals surface area (Å²) in [7, 11) is 0. The van der Waals surface area contributed by atoms with Gasteiger partial charge in [0.05, 0.1) is 30.4 Å². The van der Waals surface area contributed by atoms with Crippen molar-refractivity contribution in [2.75, 3.05) is 36.5 Å². The minimum atomic E-state index is 0.124. The molecular formula is C24H26N8O3. The monoisotopic (exact) mass is 474 g/mol. The zero-order valence-electron chi connectivity index (χ0n) is 19.2. The molecule has 1 N–H and O–H groups in total. The molecule has 0 spiro atoms. The van der Waals surface area contributed by atoms with Gasteiger partial charge in [-0.2, -0.15) is 0 Å². The Morgan fingerprint density at radius 2 is 1.74 bits per heavy atom. The van der Waals surface area contributed by atoms with Crippen molar-refractivity contribution in [2.45, 2.75) is 37.8 Å². The summed E-state index contributed by atoms with van der Waals surface area (Å²) < 4.78 is 17.2. The highest BCUT2D eigenvalue weighted by atomic mass is 16.5. The Labute approximate surface area is 201 Å². The van der Waals surface area contributed by atoms with Crippen LogP contribution >= 0.6 is 0 Å². The van der Waals surface area contributed by atoms with Gasteiger partial charge in [-0.15, -0.1) is 10.2 Å². The Balaban J connectivity index is 1.10. The van der Waals surface area contributed by atoms with Gasteiger partial charge in [-0.25, -0.2) is 15.0 Å². The molecule has 1 aliphatic heterocycles. The highest BCUT2D eigenvalue weighted by Gasteiger charge is 2.25. The fourth-order valence-electron chi connectivity index (χ4n) is 4.62. The van der Waals surface area contributed by atoms with Gasteiger partial charge < -0.3 is 24.1 Å². The van der Waals surface area contributed by atoms with E-state index in [1.165, 1.54) is 6.39 Å². The number of nitrogens with one attached hydrogen (secondary N) is 1. The number of nitrogens with zero attached hydrogens (tertiary/aromatic N) is 7. The van der Waals surface area contributed by atoms with Crippen LogP contribution in [0.4, 0.5) is 11.6 Å². The first-order chi connectivity index (χ1) is 17.3. The maximum absolute atomic E-state index is 6.51. The maximum Gasteiger partial charge on any atom is 0.250 e. The Bertz CT molecular complexity index is 1250. The molecule has 0 unspecified atom stereocenters. The number of anilines is 2. The van der Waals surface area contributed by atoms with Crippen molar-refractivity contribution in [3.63, 3.8) is 0 Å². The molecule has 35 heavy (non-hydrogen) atoms. The van der Waals surface area contributed by atoms with E-state index in [0.29, 0.717) is 23.4 Å². The molecule has 0 amide bonds. The molecule has 11 nitrogen and oxygen atoms in total. The highest BCUT2D eigenvalue weighted by Crippen LogP contribution is 2.33. The van der Waals surface area contributed by atoms with Crippen LogP contribution in [-0.2, 0) is 4.74 Å². The number of benzene rings is 1. The average Bonchev–Trinajstić information content (AvgIpc) is 3.46. The molecule has 1 aliphatic carbocycles. The normalized spacial score (nSPS) is 20.6. The third-order valence-corrected chi connectivity index (χ3v) is 6.46. The highest BCUT2D eigenvalue weighted by molar-refractivity contribution is 5.85. The third-order valence-electron chi connectivity index (χ3n) is 6.46. The van der Waals surface area contributed by atoms with Crippen LogP contribution in [-0.4, -0.2) is 68.6 Å². The van der Waals surface area contributed by atoms with Gasteiger partial charge in [0.25, 0.3) is 5.89 Å². The minimum absolute atomic E-state index is 0.124. The lowest BCUT2D eigenvalue weighted by atomic mass is 9.93. The molecule has 180 valence electrons. The van der Waals surface area contributed by atoms with Crippen LogP contribution in [0.5, 0.6) is 5.75 Å². The van der Waals surface area contributed by atoms with Crippen molar-refractivity contribution >= 4 is 22.7 Å². The number of aromatic nitrogens is 6.